The van der Waals surface area contributed by atoms with Crippen molar-refractivity contribution >= 4 is 54.3 Å². The average molecular weight is 588 g/mol. The number of hydrogen-bond acceptors (Lipinski definition) is 2. The molecule has 0 fully saturated rings. The molecule has 3 nitrogen and oxygen atoms in total. The van der Waals surface area contributed by atoms with E-state index < -0.39 is 0 Å². The van der Waals surface area contributed by atoms with Gasteiger partial charge in [0.15, 0.2) is 0 Å². The molecular formula is C43H29N3. The molecule has 1 aliphatic carbocycles. The molecule has 10 rings (SSSR count). The number of fused-ring (bicyclic) bond motifs is 8. The lowest BCUT2D eigenvalue weighted by atomic mass is 9.68. The third-order valence-electron chi connectivity index (χ3n) is 10.1. The fourth-order valence-electron chi connectivity index (χ4n) is 8.00. The van der Waals surface area contributed by atoms with Crippen LogP contribution < -0.4 is 0 Å². The number of hydrogen-bond donors (Lipinski definition) is 0. The van der Waals surface area contributed by atoms with Gasteiger partial charge >= 0.3 is 0 Å². The van der Waals surface area contributed by atoms with Crippen molar-refractivity contribution in [2.24, 2.45) is 0 Å². The molecule has 0 saturated heterocycles. The molecule has 216 valence electrons. The first-order valence-electron chi connectivity index (χ1n) is 15.9. The first-order chi connectivity index (χ1) is 22.6. The van der Waals surface area contributed by atoms with E-state index in [1.807, 2.05) is 0 Å². The number of aromatic nitrogens is 3. The topological polar surface area (TPSA) is 30.7 Å². The number of benzene rings is 7. The van der Waals surface area contributed by atoms with Crippen LogP contribution in [0.25, 0.3) is 82.6 Å². The molecule has 0 spiro atoms. The second-order valence-electron chi connectivity index (χ2n) is 13.0. The molecule has 0 unspecified atom stereocenters. The molecule has 46 heavy (non-hydrogen) atoms. The maximum absolute atomic E-state index is 5.43. The van der Waals surface area contributed by atoms with Crippen LogP contribution in [0.2, 0.25) is 0 Å². The van der Waals surface area contributed by atoms with Gasteiger partial charge in [0, 0.05) is 32.7 Å². The minimum atomic E-state index is -0.137. The number of rotatable bonds is 2. The summed E-state index contributed by atoms with van der Waals surface area (Å²) in [6.45, 7) is 4.71. The van der Waals surface area contributed by atoms with E-state index in [4.69, 9.17) is 9.97 Å². The highest BCUT2D eigenvalue weighted by atomic mass is 15.2. The van der Waals surface area contributed by atoms with Gasteiger partial charge in [-0.3, -0.25) is 4.57 Å². The fourth-order valence-corrected chi connectivity index (χ4v) is 8.00. The predicted molar refractivity (Wildman–Crippen MR) is 192 cm³/mol. The van der Waals surface area contributed by atoms with Crippen molar-refractivity contribution in [2.45, 2.75) is 19.3 Å². The second-order valence-corrected chi connectivity index (χ2v) is 13.0. The molecule has 2 aromatic heterocycles. The van der Waals surface area contributed by atoms with Crippen LogP contribution in [0.1, 0.15) is 25.0 Å². The van der Waals surface area contributed by atoms with Gasteiger partial charge in [-0.15, -0.1) is 0 Å². The van der Waals surface area contributed by atoms with E-state index in [1.54, 1.807) is 0 Å². The number of para-hydroxylation sites is 1. The van der Waals surface area contributed by atoms with Crippen molar-refractivity contribution in [2.75, 3.05) is 0 Å². The van der Waals surface area contributed by atoms with Gasteiger partial charge in [-0.2, -0.15) is 0 Å². The second kappa shape index (κ2) is 9.12. The van der Waals surface area contributed by atoms with Crippen LogP contribution in [0.3, 0.4) is 0 Å². The van der Waals surface area contributed by atoms with Gasteiger partial charge in [0.1, 0.15) is 0 Å². The zero-order valence-corrected chi connectivity index (χ0v) is 25.6. The SMILES string of the molecule is CC1(C)c2ccccc2-c2c3c1cccc3cc1c3cc4ccccc4cc3n(-c3nc(-c4ccccc4)c4ccccc4n3)c21. The van der Waals surface area contributed by atoms with Crippen molar-refractivity contribution in [3.05, 3.63) is 151 Å². The average Bonchev–Trinajstić information content (AvgIpc) is 3.41. The van der Waals surface area contributed by atoms with Gasteiger partial charge in [-0.05, 0) is 62.5 Å². The van der Waals surface area contributed by atoms with Gasteiger partial charge in [-0.1, -0.05) is 129 Å². The summed E-state index contributed by atoms with van der Waals surface area (Å²) in [4.78, 5) is 10.7. The van der Waals surface area contributed by atoms with Crippen LogP contribution in [0.4, 0.5) is 0 Å². The fraction of sp³-hybridized carbons (Fsp3) is 0.0698. The molecule has 0 N–H and O–H groups in total. The highest BCUT2D eigenvalue weighted by Gasteiger charge is 2.35. The maximum atomic E-state index is 5.43. The molecule has 7 aromatic carbocycles. The Labute approximate surface area is 266 Å². The van der Waals surface area contributed by atoms with Gasteiger partial charge in [0.05, 0.1) is 22.2 Å². The zero-order valence-electron chi connectivity index (χ0n) is 25.6. The summed E-state index contributed by atoms with van der Waals surface area (Å²) in [5.74, 6) is 0.684. The van der Waals surface area contributed by atoms with Crippen LogP contribution in [0.5, 0.6) is 0 Å². The Morgan fingerprint density at radius 3 is 2.09 bits per heavy atom. The molecule has 0 bridgehead atoms. The van der Waals surface area contributed by atoms with E-state index in [-0.39, 0.29) is 5.41 Å². The van der Waals surface area contributed by atoms with Crippen LogP contribution in [0.15, 0.2) is 140 Å². The zero-order chi connectivity index (χ0) is 30.6. The van der Waals surface area contributed by atoms with Crippen molar-refractivity contribution in [3.63, 3.8) is 0 Å². The summed E-state index contributed by atoms with van der Waals surface area (Å²) >= 11 is 0. The van der Waals surface area contributed by atoms with Crippen LogP contribution in [0, 0.1) is 0 Å². The number of nitrogens with zero attached hydrogens (tertiary/aromatic N) is 3. The lowest BCUT2D eigenvalue weighted by molar-refractivity contribution is 0.645. The normalized spacial score (nSPS) is 13.6. The highest BCUT2D eigenvalue weighted by Crippen LogP contribution is 2.52. The predicted octanol–water partition coefficient (Wildman–Crippen LogP) is 11.0. The van der Waals surface area contributed by atoms with Crippen molar-refractivity contribution in [1.82, 2.24) is 14.5 Å². The van der Waals surface area contributed by atoms with Gasteiger partial charge in [0.2, 0.25) is 5.95 Å². The van der Waals surface area contributed by atoms with Crippen molar-refractivity contribution < 1.29 is 0 Å². The minimum absolute atomic E-state index is 0.137. The highest BCUT2D eigenvalue weighted by molar-refractivity contribution is 6.24. The molecule has 1 aliphatic rings. The molecule has 9 aromatic rings. The monoisotopic (exact) mass is 587 g/mol. The molecule has 0 radical (unpaired) electrons. The molecule has 0 atom stereocenters. The summed E-state index contributed by atoms with van der Waals surface area (Å²) < 4.78 is 2.34. The molecular weight excluding hydrogens is 558 g/mol. The molecule has 0 saturated carbocycles. The summed E-state index contributed by atoms with van der Waals surface area (Å²) in [5, 5.41) is 8.47. The quantitative estimate of drug-likeness (QED) is 0.201. The van der Waals surface area contributed by atoms with E-state index >= 15 is 0 Å². The Kier molecular flexibility index (Phi) is 5.06. The van der Waals surface area contributed by atoms with E-state index in [1.165, 1.54) is 54.6 Å². The Hall–Kier alpha value is -5.80. The minimum Gasteiger partial charge on any atom is -0.277 e. The maximum Gasteiger partial charge on any atom is 0.235 e. The summed E-state index contributed by atoms with van der Waals surface area (Å²) in [5.41, 5.74) is 10.3. The van der Waals surface area contributed by atoms with E-state index in [0.29, 0.717) is 5.95 Å². The van der Waals surface area contributed by atoms with Gasteiger partial charge in [0.25, 0.3) is 0 Å². The van der Waals surface area contributed by atoms with Gasteiger partial charge < -0.3 is 0 Å². The van der Waals surface area contributed by atoms with Gasteiger partial charge in [-0.25, -0.2) is 9.97 Å². The van der Waals surface area contributed by atoms with E-state index in [2.05, 4.69) is 158 Å². The molecule has 3 heteroatoms. The third kappa shape index (κ3) is 3.37. The summed E-state index contributed by atoms with van der Waals surface area (Å²) in [6.07, 6.45) is 0. The Morgan fingerprint density at radius 1 is 0.543 bits per heavy atom. The van der Waals surface area contributed by atoms with Crippen LogP contribution in [-0.4, -0.2) is 14.5 Å². The van der Waals surface area contributed by atoms with Crippen molar-refractivity contribution in [3.8, 4) is 28.3 Å². The molecule has 2 heterocycles. The summed E-state index contributed by atoms with van der Waals surface area (Å²) in [6, 6.07) is 50.3. The lowest BCUT2D eigenvalue weighted by Crippen LogP contribution is -2.23. The Balaban J connectivity index is 1.46. The van der Waals surface area contributed by atoms with E-state index in [0.717, 1.165) is 33.2 Å². The Morgan fingerprint density at radius 2 is 1.22 bits per heavy atom. The molecule has 0 aliphatic heterocycles. The third-order valence-corrected chi connectivity index (χ3v) is 10.1. The largest absolute Gasteiger partial charge is 0.277 e. The van der Waals surface area contributed by atoms with E-state index in [9.17, 15) is 0 Å². The van der Waals surface area contributed by atoms with Crippen LogP contribution >= 0.6 is 0 Å². The Bertz CT molecular complexity index is 2720. The van der Waals surface area contributed by atoms with Crippen LogP contribution in [-0.2, 0) is 5.41 Å². The standard InChI is InChI=1S/C43H29N3/c1-43(2)34-20-10-8-18-30(34)39-38-29(17-12-21-35(38)43)24-33-32-23-27-15-6-7-16-28(27)25-37(32)46(41(33)39)42-44-36-22-11-9-19-31(36)40(45-42)26-13-4-3-5-14-26/h3-25H,1-2H3. The smallest absolute Gasteiger partial charge is 0.235 e. The summed E-state index contributed by atoms with van der Waals surface area (Å²) in [7, 11) is 0. The first kappa shape index (κ1) is 25.5. The van der Waals surface area contributed by atoms with Crippen molar-refractivity contribution in [1.29, 1.82) is 0 Å². The molecule has 0 amide bonds. The lowest BCUT2D eigenvalue weighted by Gasteiger charge is -2.35. The first-order valence-corrected chi connectivity index (χ1v) is 15.9.